The predicted molar refractivity (Wildman–Crippen MR) is 86.6 cm³/mol. The molecule has 6 heteroatoms. The maximum Gasteiger partial charge on any atom is 0.223 e. The summed E-state index contributed by atoms with van der Waals surface area (Å²) in [6.45, 7) is 0. The van der Waals surface area contributed by atoms with Crippen molar-refractivity contribution < 1.29 is 4.39 Å². The van der Waals surface area contributed by atoms with Gasteiger partial charge in [0, 0.05) is 6.20 Å². The molecular formula is C17H10ClFN4. The van der Waals surface area contributed by atoms with Crippen molar-refractivity contribution in [2.24, 2.45) is 0 Å². The zero-order valence-electron chi connectivity index (χ0n) is 11.8. The highest BCUT2D eigenvalue weighted by Gasteiger charge is 2.14. The summed E-state index contributed by atoms with van der Waals surface area (Å²) in [7, 11) is 0. The van der Waals surface area contributed by atoms with Crippen LogP contribution in [-0.2, 0) is 0 Å². The van der Waals surface area contributed by atoms with Crippen molar-refractivity contribution in [1.29, 1.82) is 0 Å². The molecule has 1 aromatic carbocycles. The predicted octanol–water partition coefficient (Wildman–Crippen LogP) is 4.25. The molecule has 0 aliphatic rings. The molecule has 0 unspecified atom stereocenters. The zero-order valence-corrected chi connectivity index (χ0v) is 12.6. The highest BCUT2D eigenvalue weighted by molar-refractivity contribution is 6.28. The van der Waals surface area contributed by atoms with Crippen LogP contribution in [0.5, 0.6) is 0 Å². The summed E-state index contributed by atoms with van der Waals surface area (Å²) in [5.41, 5.74) is 3.42. The van der Waals surface area contributed by atoms with Crippen molar-refractivity contribution in [2.45, 2.75) is 0 Å². The van der Waals surface area contributed by atoms with Gasteiger partial charge in [0.25, 0.3) is 0 Å². The lowest BCUT2D eigenvalue weighted by atomic mass is 10.1. The van der Waals surface area contributed by atoms with E-state index in [0.29, 0.717) is 11.3 Å². The summed E-state index contributed by atoms with van der Waals surface area (Å²) in [6, 6.07) is 13.8. The lowest BCUT2D eigenvalue weighted by molar-refractivity contribution is 0.617. The number of benzene rings is 1. The minimum atomic E-state index is -0.540. The molecule has 0 bridgehead atoms. The van der Waals surface area contributed by atoms with Crippen LogP contribution in [0.2, 0.25) is 5.28 Å². The van der Waals surface area contributed by atoms with E-state index in [1.165, 1.54) is 0 Å². The van der Waals surface area contributed by atoms with Gasteiger partial charge in [0.2, 0.25) is 5.28 Å². The molecule has 23 heavy (non-hydrogen) atoms. The van der Waals surface area contributed by atoms with Crippen LogP contribution in [0.3, 0.4) is 0 Å². The summed E-state index contributed by atoms with van der Waals surface area (Å²) < 4.78 is 15.9. The molecule has 3 heterocycles. The van der Waals surface area contributed by atoms with Crippen molar-refractivity contribution in [2.75, 3.05) is 0 Å². The Labute approximate surface area is 136 Å². The molecule has 0 aliphatic carbocycles. The molecular weight excluding hydrogens is 315 g/mol. The first-order valence-electron chi connectivity index (χ1n) is 6.93. The average Bonchev–Trinajstić information content (AvgIpc) is 3.01. The lowest BCUT2D eigenvalue weighted by Gasteiger charge is -2.06. The lowest BCUT2D eigenvalue weighted by Crippen LogP contribution is -1.96. The normalized spacial score (nSPS) is 11.0. The van der Waals surface area contributed by atoms with Crippen LogP contribution in [0.25, 0.3) is 28.2 Å². The van der Waals surface area contributed by atoms with Gasteiger partial charge in [0.1, 0.15) is 11.3 Å². The molecule has 0 saturated heterocycles. The topological polar surface area (TPSA) is 43.1 Å². The Hall–Kier alpha value is -2.79. The summed E-state index contributed by atoms with van der Waals surface area (Å²) in [6.07, 6.45) is 4.54. The number of hydrogen-bond acceptors (Lipinski definition) is 3. The quantitative estimate of drug-likeness (QED) is 0.518. The van der Waals surface area contributed by atoms with Gasteiger partial charge in [0.15, 0.2) is 5.82 Å². The Morgan fingerprint density at radius 2 is 1.74 bits per heavy atom. The fourth-order valence-corrected chi connectivity index (χ4v) is 2.62. The third-order valence-corrected chi connectivity index (χ3v) is 3.75. The van der Waals surface area contributed by atoms with Crippen LogP contribution in [-0.4, -0.2) is 19.4 Å². The summed E-state index contributed by atoms with van der Waals surface area (Å²) in [5, 5.41) is -0.00411. The highest BCUT2D eigenvalue weighted by atomic mass is 35.5. The number of nitrogens with zero attached hydrogens (tertiary/aromatic N) is 4. The van der Waals surface area contributed by atoms with E-state index in [2.05, 4.69) is 15.0 Å². The maximum absolute atomic E-state index is 14.1. The second-order valence-corrected chi connectivity index (χ2v) is 5.33. The fourth-order valence-electron chi connectivity index (χ4n) is 2.48. The molecule has 0 radical (unpaired) electrons. The SMILES string of the molecule is Fc1cnc(Cl)nc1-c1cnc2ccc(-c3ccccc3)cn12. The van der Waals surface area contributed by atoms with Gasteiger partial charge in [-0.2, -0.15) is 0 Å². The Bertz CT molecular complexity index is 998. The molecule has 0 spiro atoms. The third kappa shape index (κ3) is 2.45. The molecule has 4 rings (SSSR count). The largest absolute Gasteiger partial charge is 0.297 e. The van der Waals surface area contributed by atoms with E-state index in [1.54, 1.807) is 10.6 Å². The van der Waals surface area contributed by atoms with Crippen LogP contribution in [0.1, 0.15) is 0 Å². The van der Waals surface area contributed by atoms with E-state index in [4.69, 9.17) is 11.6 Å². The van der Waals surface area contributed by atoms with Crippen molar-refractivity contribution in [3.63, 3.8) is 0 Å². The first-order chi connectivity index (χ1) is 11.2. The molecule has 0 amide bonds. The minimum Gasteiger partial charge on any atom is -0.297 e. The smallest absolute Gasteiger partial charge is 0.223 e. The zero-order chi connectivity index (χ0) is 15.8. The van der Waals surface area contributed by atoms with Gasteiger partial charge in [-0.05, 0) is 34.9 Å². The molecule has 4 aromatic rings. The first-order valence-corrected chi connectivity index (χ1v) is 7.31. The number of rotatable bonds is 2. The second kappa shape index (κ2) is 5.44. The van der Waals surface area contributed by atoms with Gasteiger partial charge in [0.05, 0.1) is 18.1 Å². The van der Waals surface area contributed by atoms with Gasteiger partial charge in [-0.25, -0.2) is 19.3 Å². The average molecular weight is 325 g/mol. The second-order valence-electron chi connectivity index (χ2n) is 4.99. The van der Waals surface area contributed by atoms with Crippen LogP contribution in [0, 0.1) is 5.82 Å². The van der Waals surface area contributed by atoms with Crippen molar-refractivity contribution in [1.82, 2.24) is 19.4 Å². The molecule has 4 nitrogen and oxygen atoms in total. The van der Waals surface area contributed by atoms with Gasteiger partial charge in [-0.3, -0.25) is 4.40 Å². The number of halogens is 2. The molecule has 3 aromatic heterocycles. The molecule has 0 aliphatic heterocycles. The van der Waals surface area contributed by atoms with Crippen molar-refractivity contribution >= 4 is 17.2 Å². The summed E-state index contributed by atoms with van der Waals surface area (Å²) in [5.74, 6) is -0.540. The molecule has 112 valence electrons. The van der Waals surface area contributed by atoms with Crippen LogP contribution < -0.4 is 0 Å². The van der Waals surface area contributed by atoms with E-state index in [9.17, 15) is 4.39 Å². The standard InChI is InChI=1S/C17H10ClFN4/c18-17-21-8-13(19)16(22-17)14-9-20-15-7-6-12(10-23(14)15)11-4-2-1-3-5-11/h1-10H. The monoisotopic (exact) mass is 324 g/mol. The number of hydrogen-bond donors (Lipinski definition) is 0. The van der Waals surface area contributed by atoms with Crippen LogP contribution in [0.15, 0.2) is 61.1 Å². The van der Waals surface area contributed by atoms with E-state index < -0.39 is 5.82 Å². The molecule has 0 fully saturated rings. The van der Waals surface area contributed by atoms with Gasteiger partial charge in [-0.1, -0.05) is 30.3 Å². The number of pyridine rings is 1. The van der Waals surface area contributed by atoms with Crippen molar-refractivity contribution in [3.8, 4) is 22.5 Å². The Balaban J connectivity index is 1.93. The summed E-state index contributed by atoms with van der Waals surface area (Å²) >= 11 is 5.79. The Morgan fingerprint density at radius 3 is 2.57 bits per heavy atom. The van der Waals surface area contributed by atoms with Crippen LogP contribution in [0.4, 0.5) is 4.39 Å². The first kappa shape index (κ1) is 13.8. The van der Waals surface area contributed by atoms with E-state index in [-0.39, 0.29) is 11.0 Å². The maximum atomic E-state index is 14.1. The number of fused-ring (bicyclic) bond motifs is 1. The van der Waals surface area contributed by atoms with Gasteiger partial charge in [-0.15, -0.1) is 0 Å². The molecule has 0 N–H and O–H groups in total. The number of imidazole rings is 1. The third-order valence-electron chi connectivity index (χ3n) is 3.57. The Morgan fingerprint density at radius 1 is 0.913 bits per heavy atom. The molecule has 0 atom stereocenters. The molecule has 0 saturated carbocycles. The van der Waals surface area contributed by atoms with E-state index >= 15 is 0 Å². The fraction of sp³-hybridized carbons (Fsp3) is 0. The number of aromatic nitrogens is 4. The van der Waals surface area contributed by atoms with Gasteiger partial charge < -0.3 is 0 Å². The van der Waals surface area contributed by atoms with Crippen molar-refractivity contribution in [3.05, 3.63) is 72.2 Å². The summed E-state index contributed by atoms with van der Waals surface area (Å²) in [4.78, 5) is 11.9. The minimum absolute atomic E-state index is 0.00411. The van der Waals surface area contributed by atoms with E-state index in [0.717, 1.165) is 17.3 Å². The highest BCUT2D eigenvalue weighted by Crippen LogP contribution is 2.26. The van der Waals surface area contributed by atoms with Crippen LogP contribution >= 0.6 is 11.6 Å². The Kier molecular flexibility index (Phi) is 3.28. The van der Waals surface area contributed by atoms with E-state index in [1.807, 2.05) is 48.7 Å². The van der Waals surface area contributed by atoms with Gasteiger partial charge >= 0.3 is 0 Å².